The van der Waals surface area contributed by atoms with Crippen LogP contribution < -0.4 is 5.32 Å². The van der Waals surface area contributed by atoms with Gasteiger partial charge in [-0.3, -0.25) is 4.79 Å². The topological polar surface area (TPSA) is 75.4 Å². The number of aliphatic hydroxyl groups is 1. The molecule has 6 heteroatoms. The summed E-state index contributed by atoms with van der Waals surface area (Å²) in [6.45, 7) is 0.274. The molecule has 0 unspecified atom stereocenters. The SMILES string of the molecule is O=C(NCc1coc(-c2cccs2)n1)C1(O)CCCC1. The molecule has 1 aliphatic rings. The van der Waals surface area contributed by atoms with Crippen molar-refractivity contribution in [1.82, 2.24) is 10.3 Å². The fourth-order valence-electron chi connectivity index (χ4n) is 2.42. The highest BCUT2D eigenvalue weighted by Crippen LogP contribution is 2.29. The van der Waals surface area contributed by atoms with Crippen LogP contribution in [0.15, 0.2) is 28.2 Å². The van der Waals surface area contributed by atoms with E-state index < -0.39 is 5.60 Å². The lowest BCUT2D eigenvalue weighted by molar-refractivity contribution is -0.139. The predicted molar refractivity (Wildman–Crippen MR) is 75.1 cm³/mol. The molecule has 0 aromatic carbocycles. The molecule has 1 amide bonds. The van der Waals surface area contributed by atoms with Gasteiger partial charge in [0, 0.05) is 0 Å². The molecule has 0 saturated heterocycles. The van der Waals surface area contributed by atoms with Gasteiger partial charge in [0.2, 0.25) is 5.89 Å². The highest BCUT2D eigenvalue weighted by atomic mass is 32.1. The van der Waals surface area contributed by atoms with E-state index in [-0.39, 0.29) is 12.5 Å². The van der Waals surface area contributed by atoms with E-state index in [0.717, 1.165) is 17.7 Å². The van der Waals surface area contributed by atoms with Gasteiger partial charge in [0.05, 0.1) is 17.1 Å². The molecule has 0 aliphatic heterocycles. The summed E-state index contributed by atoms with van der Waals surface area (Å²) < 4.78 is 5.38. The molecule has 0 spiro atoms. The van der Waals surface area contributed by atoms with Gasteiger partial charge in [-0.25, -0.2) is 4.98 Å². The van der Waals surface area contributed by atoms with E-state index in [1.165, 1.54) is 6.26 Å². The van der Waals surface area contributed by atoms with Crippen LogP contribution in [-0.4, -0.2) is 21.6 Å². The summed E-state index contributed by atoms with van der Waals surface area (Å²) in [6.07, 6.45) is 4.41. The molecule has 2 aromatic rings. The summed E-state index contributed by atoms with van der Waals surface area (Å²) in [7, 11) is 0. The molecule has 2 aromatic heterocycles. The van der Waals surface area contributed by atoms with E-state index in [1.807, 2.05) is 17.5 Å². The van der Waals surface area contributed by atoms with E-state index >= 15 is 0 Å². The number of carbonyl (C=O) groups excluding carboxylic acids is 1. The number of amides is 1. The van der Waals surface area contributed by atoms with E-state index in [1.54, 1.807) is 11.3 Å². The lowest BCUT2D eigenvalue weighted by Crippen LogP contribution is -2.44. The number of nitrogens with one attached hydrogen (secondary N) is 1. The monoisotopic (exact) mass is 292 g/mol. The minimum atomic E-state index is -1.19. The van der Waals surface area contributed by atoms with Crippen molar-refractivity contribution in [3.63, 3.8) is 0 Å². The smallest absolute Gasteiger partial charge is 0.252 e. The molecule has 106 valence electrons. The van der Waals surface area contributed by atoms with Gasteiger partial charge < -0.3 is 14.8 Å². The van der Waals surface area contributed by atoms with Crippen LogP contribution in [0.3, 0.4) is 0 Å². The molecule has 3 rings (SSSR count). The number of carbonyl (C=O) groups is 1. The third kappa shape index (κ3) is 2.62. The summed E-state index contributed by atoms with van der Waals surface area (Å²) in [5.74, 6) is 0.250. The highest BCUT2D eigenvalue weighted by molar-refractivity contribution is 7.13. The van der Waals surface area contributed by atoms with E-state index in [2.05, 4.69) is 10.3 Å². The Kier molecular flexibility index (Phi) is 3.58. The van der Waals surface area contributed by atoms with Crippen molar-refractivity contribution in [2.75, 3.05) is 0 Å². The Morgan fingerprint density at radius 3 is 3.00 bits per heavy atom. The number of thiophene rings is 1. The Hall–Kier alpha value is -1.66. The zero-order chi connectivity index (χ0) is 14.0. The van der Waals surface area contributed by atoms with Crippen molar-refractivity contribution in [1.29, 1.82) is 0 Å². The van der Waals surface area contributed by atoms with Gasteiger partial charge in [-0.15, -0.1) is 11.3 Å². The molecular weight excluding hydrogens is 276 g/mol. The summed E-state index contributed by atoms with van der Waals surface area (Å²) in [6, 6.07) is 3.86. The maximum absolute atomic E-state index is 12.0. The number of nitrogens with zero attached hydrogens (tertiary/aromatic N) is 1. The molecule has 2 heterocycles. The first-order valence-electron chi connectivity index (χ1n) is 6.66. The van der Waals surface area contributed by atoms with Gasteiger partial charge in [-0.2, -0.15) is 0 Å². The first kappa shape index (κ1) is 13.3. The van der Waals surface area contributed by atoms with Gasteiger partial charge >= 0.3 is 0 Å². The average Bonchev–Trinajstić information content (AvgIpc) is 3.17. The Labute approximate surface area is 120 Å². The third-order valence-corrected chi connectivity index (χ3v) is 4.42. The van der Waals surface area contributed by atoms with Gasteiger partial charge in [0.1, 0.15) is 11.9 Å². The average molecular weight is 292 g/mol. The summed E-state index contributed by atoms with van der Waals surface area (Å²) >= 11 is 1.55. The highest BCUT2D eigenvalue weighted by Gasteiger charge is 2.38. The first-order chi connectivity index (χ1) is 9.67. The molecular formula is C14H16N2O3S. The van der Waals surface area contributed by atoms with E-state index in [0.29, 0.717) is 24.4 Å². The van der Waals surface area contributed by atoms with Crippen molar-refractivity contribution in [3.8, 4) is 10.8 Å². The largest absolute Gasteiger partial charge is 0.443 e. The van der Waals surface area contributed by atoms with Crippen molar-refractivity contribution in [3.05, 3.63) is 29.5 Å². The molecule has 5 nitrogen and oxygen atoms in total. The fourth-order valence-corrected chi connectivity index (χ4v) is 3.08. The normalized spacial score (nSPS) is 17.2. The second-order valence-electron chi connectivity index (χ2n) is 5.04. The molecule has 0 bridgehead atoms. The Balaban J connectivity index is 1.60. The van der Waals surface area contributed by atoms with Crippen molar-refractivity contribution in [2.45, 2.75) is 37.8 Å². The lowest BCUT2D eigenvalue weighted by Gasteiger charge is -2.20. The number of hydrogen-bond acceptors (Lipinski definition) is 5. The van der Waals surface area contributed by atoms with Crippen molar-refractivity contribution < 1.29 is 14.3 Å². The van der Waals surface area contributed by atoms with Crippen LogP contribution in [-0.2, 0) is 11.3 Å². The summed E-state index contributed by atoms with van der Waals surface area (Å²) in [5.41, 5.74) is -0.538. The van der Waals surface area contributed by atoms with E-state index in [9.17, 15) is 9.90 Å². The molecule has 0 atom stereocenters. The van der Waals surface area contributed by atoms with Crippen LogP contribution in [0.2, 0.25) is 0 Å². The molecule has 1 fully saturated rings. The maximum Gasteiger partial charge on any atom is 0.252 e. The second kappa shape index (κ2) is 5.38. The molecule has 1 aliphatic carbocycles. The zero-order valence-corrected chi connectivity index (χ0v) is 11.8. The van der Waals surface area contributed by atoms with Crippen molar-refractivity contribution in [2.24, 2.45) is 0 Å². The minimum absolute atomic E-state index is 0.274. The van der Waals surface area contributed by atoms with Crippen LogP contribution in [0, 0.1) is 0 Å². The maximum atomic E-state index is 12.0. The lowest BCUT2D eigenvalue weighted by atomic mass is 10.0. The minimum Gasteiger partial charge on any atom is -0.443 e. The summed E-state index contributed by atoms with van der Waals surface area (Å²) in [5, 5.41) is 14.8. The Bertz CT molecular complexity index is 585. The van der Waals surface area contributed by atoms with Gasteiger partial charge in [-0.1, -0.05) is 6.07 Å². The quantitative estimate of drug-likeness (QED) is 0.907. The Morgan fingerprint density at radius 1 is 1.50 bits per heavy atom. The number of aromatic nitrogens is 1. The van der Waals surface area contributed by atoms with Crippen LogP contribution in [0.1, 0.15) is 31.4 Å². The van der Waals surface area contributed by atoms with Crippen LogP contribution >= 0.6 is 11.3 Å². The number of hydrogen-bond donors (Lipinski definition) is 2. The van der Waals surface area contributed by atoms with Crippen molar-refractivity contribution >= 4 is 17.2 Å². The Morgan fingerprint density at radius 2 is 2.30 bits per heavy atom. The van der Waals surface area contributed by atoms with Crippen LogP contribution in [0.4, 0.5) is 0 Å². The zero-order valence-electron chi connectivity index (χ0n) is 11.0. The molecule has 2 N–H and O–H groups in total. The summed E-state index contributed by atoms with van der Waals surface area (Å²) in [4.78, 5) is 17.2. The van der Waals surface area contributed by atoms with Crippen LogP contribution in [0.5, 0.6) is 0 Å². The van der Waals surface area contributed by atoms with Crippen LogP contribution in [0.25, 0.3) is 10.8 Å². The second-order valence-corrected chi connectivity index (χ2v) is 5.99. The molecule has 1 saturated carbocycles. The standard InChI is InChI=1S/C14H16N2O3S/c17-13(14(18)5-1-2-6-14)15-8-10-9-19-12(16-10)11-4-3-7-20-11/h3-4,7,9,18H,1-2,5-6,8H2,(H,15,17). The van der Waals surface area contributed by atoms with Gasteiger partial charge in [-0.05, 0) is 37.1 Å². The molecule has 20 heavy (non-hydrogen) atoms. The van der Waals surface area contributed by atoms with E-state index in [4.69, 9.17) is 4.42 Å². The molecule has 0 radical (unpaired) electrons. The predicted octanol–water partition coefficient (Wildman–Crippen LogP) is 2.32. The van der Waals surface area contributed by atoms with Gasteiger partial charge in [0.25, 0.3) is 5.91 Å². The fraction of sp³-hybridized carbons (Fsp3) is 0.429. The van der Waals surface area contributed by atoms with Gasteiger partial charge in [0.15, 0.2) is 0 Å². The number of oxazole rings is 1. The first-order valence-corrected chi connectivity index (χ1v) is 7.54. The number of rotatable bonds is 4. The third-order valence-electron chi connectivity index (χ3n) is 3.57.